The van der Waals surface area contributed by atoms with E-state index in [0.717, 1.165) is 9.80 Å². The van der Waals surface area contributed by atoms with Crippen LogP contribution in [0.5, 0.6) is 11.5 Å². The number of para-hydroxylation sites is 1. The largest absolute Gasteiger partial charge is 0.497 e. The van der Waals surface area contributed by atoms with E-state index in [4.69, 9.17) is 9.47 Å². The average molecular weight is 552 g/mol. The van der Waals surface area contributed by atoms with Crippen LogP contribution in [0.2, 0.25) is 0 Å². The lowest BCUT2D eigenvalue weighted by Crippen LogP contribution is -2.32. The second-order valence-corrected chi connectivity index (χ2v) is 9.74. The van der Waals surface area contributed by atoms with Crippen LogP contribution in [0.1, 0.15) is 10.4 Å². The van der Waals surface area contributed by atoms with Crippen molar-refractivity contribution in [1.29, 1.82) is 0 Å². The topological polar surface area (TPSA) is 97.0 Å². The minimum Gasteiger partial charge on any atom is -0.497 e. The van der Waals surface area contributed by atoms with Crippen LogP contribution in [-0.2, 0) is 9.59 Å². The molecule has 4 aromatic carbocycles. The van der Waals surface area contributed by atoms with Gasteiger partial charge in [0.15, 0.2) is 0 Å². The van der Waals surface area contributed by atoms with Gasteiger partial charge in [0, 0.05) is 21.8 Å². The van der Waals surface area contributed by atoms with Crippen LogP contribution < -0.4 is 25.0 Å². The summed E-state index contributed by atoms with van der Waals surface area (Å²) in [7, 11) is 3.12. The molecule has 0 fully saturated rings. The third kappa shape index (κ3) is 5.69. The molecule has 0 atom stereocenters. The molecular formula is C31H25N3O5S. The number of rotatable bonds is 9. The standard InChI is InChI=1S/C31H25N3O5S/c1-38-24-15-11-21(12-16-24)32-27-28(31(37)34(30(27)36)23-8-4-3-5-9-23)40-26-17-13-22(14-18-26)33-29(35)20-7-6-10-25(19-20)39-2/h3-19,32H,1-2H3,(H,33,35). The summed E-state index contributed by atoms with van der Waals surface area (Å²) in [6, 6.07) is 29.8. The summed E-state index contributed by atoms with van der Waals surface area (Å²) >= 11 is 1.18. The number of amides is 3. The van der Waals surface area contributed by atoms with Gasteiger partial charge < -0.3 is 20.1 Å². The lowest BCUT2D eigenvalue weighted by Gasteiger charge is -2.15. The van der Waals surface area contributed by atoms with Gasteiger partial charge in [-0.2, -0.15) is 0 Å². The Labute approximate surface area is 235 Å². The Hall–Kier alpha value is -5.02. The molecule has 0 aliphatic carbocycles. The lowest BCUT2D eigenvalue weighted by molar-refractivity contribution is -0.120. The van der Waals surface area contributed by atoms with E-state index >= 15 is 0 Å². The minimum atomic E-state index is -0.448. The smallest absolute Gasteiger partial charge is 0.283 e. The number of imide groups is 1. The number of nitrogens with zero attached hydrogens (tertiary/aromatic N) is 1. The van der Waals surface area contributed by atoms with Crippen molar-refractivity contribution in [1.82, 2.24) is 0 Å². The van der Waals surface area contributed by atoms with Crippen LogP contribution in [-0.4, -0.2) is 31.9 Å². The predicted molar refractivity (Wildman–Crippen MR) is 156 cm³/mol. The number of anilines is 3. The molecule has 4 aromatic rings. The number of hydrogen-bond acceptors (Lipinski definition) is 7. The number of carbonyl (C=O) groups is 3. The van der Waals surface area contributed by atoms with Gasteiger partial charge in [0.25, 0.3) is 17.7 Å². The summed E-state index contributed by atoms with van der Waals surface area (Å²) in [6.07, 6.45) is 0. The molecule has 3 amide bonds. The molecule has 0 unspecified atom stereocenters. The van der Waals surface area contributed by atoms with Gasteiger partial charge in [-0.3, -0.25) is 14.4 Å². The van der Waals surface area contributed by atoms with Gasteiger partial charge in [0.1, 0.15) is 22.1 Å². The summed E-state index contributed by atoms with van der Waals surface area (Å²) in [5.74, 6) is 0.117. The summed E-state index contributed by atoms with van der Waals surface area (Å²) in [5.41, 5.74) is 2.36. The highest BCUT2D eigenvalue weighted by Crippen LogP contribution is 2.38. The Morgan fingerprint density at radius 1 is 0.725 bits per heavy atom. The average Bonchev–Trinajstić information content (AvgIpc) is 3.22. The van der Waals surface area contributed by atoms with Gasteiger partial charge in [-0.05, 0) is 78.9 Å². The summed E-state index contributed by atoms with van der Waals surface area (Å²) in [6.45, 7) is 0. The molecule has 0 aromatic heterocycles. The number of benzene rings is 4. The zero-order chi connectivity index (χ0) is 28.1. The van der Waals surface area contributed by atoms with E-state index in [9.17, 15) is 14.4 Å². The molecule has 0 saturated heterocycles. The normalized spacial score (nSPS) is 12.9. The molecular weight excluding hydrogens is 526 g/mol. The first-order chi connectivity index (χ1) is 19.5. The number of ether oxygens (including phenoxy) is 2. The molecule has 0 saturated carbocycles. The minimum absolute atomic E-state index is 0.180. The lowest BCUT2D eigenvalue weighted by atomic mass is 10.2. The Morgan fingerprint density at radius 2 is 1.40 bits per heavy atom. The quantitative estimate of drug-likeness (QED) is 0.248. The number of thioether (sulfide) groups is 1. The number of nitrogens with one attached hydrogen (secondary N) is 2. The summed E-state index contributed by atoms with van der Waals surface area (Å²) < 4.78 is 10.4. The van der Waals surface area contributed by atoms with Crippen molar-refractivity contribution in [2.45, 2.75) is 4.90 Å². The van der Waals surface area contributed by atoms with Crippen molar-refractivity contribution in [2.75, 3.05) is 29.8 Å². The van der Waals surface area contributed by atoms with Gasteiger partial charge in [-0.1, -0.05) is 36.0 Å². The van der Waals surface area contributed by atoms with Crippen molar-refractivity contribution in [3.8, 4) is 11.5 Å². The van der Waals surface area contributed by atoms with E-state index in [2.05, 4.69) is 10.6 Å². The van der Waals surface area contributed by atoms with Crippen LogP contribution in [0.15, 0.2) is 119 Å². The Balaban J connectivity index is 1.39. The zero-order valence-electron chi connectivity index (χ0n) is 21.7. The summed E-state index contributed by atoms with van der Waals surface area (Å²) in [5, 5.41) is 5.99. The maximum atomic E-state index is 13.5. The fourth-order valence-corrected chi connectivity index (χ4v) is 4.96. The highest BCUT2D eigenvalue weighted by molar-refractivity contribution is 8.04. The second-order valence-electron chi connectivity index (χ2n) is 8.65. The Morgan fingerprint density at radius 3 is 2.08 bits per heavy atom. The Bertz CT molecular complexity index is 1590. The third-order valence-corrected chi connectivity index (χ3v) is 7.17. The molecule has 1 heterocycles. The van der Waals surface area contributed by atoms with E-state index in [-0.39, 0.29) is 16.5 Å². The van der Waals surface area contributed by atoms with Crippen LogP contribution >= 0.6 is 11.8 Å². The SMILES string of the molecule is COc1ccc(NC2=C(Sc3ccc(NC(=O)c4cccc(OC)c4)cc3)C(=O)N(c3ccccc3)C2=O)cc1. The molecule has 5 rings (SSSR count). The van der Waals surface area contributed by atoms with E-state index in [1.807, 2.05) is 6.07 Å². The number of carbonyl (C=O) groups excluding carboxylic acids is 3. The van der Waals surface area contributed by atoms with Gasteiger partial charge in [-0.15, -0.1) is 0 Å². The number of hydrogen-bond donors (Lipinski definition) is 2. The molecule has 1 aliphatic rings. The molecule has 0 bridgehead atoms. The molecule has 1 aliphatic heterocycles. The van der Waals surface area contributed by atoms with Crippen molar-refractivity contribution in [2.24, 2.45) is 0 Å². The predicted octanol–water partition coefficient (Wildman–Crippen LogP) is 5.95. The maximum absolute atomic E-state index is 13.5. The molecule has 2 N–H and O–H groups in total. The fourth-order valence-electron chi connectivity index (χ4n) is 4.04. The van der Waals surface area contributed by atoms with Crippen molar-refractivity contribution >= 4 is 46.5 Å². The van der Waals surface area contributed by atoms with Gasteiger partial charge in [0.2, 0.25) is 0 Å². The maximum Gasteiger partial charge on any atom is 0.283 e. The van der Waals surface area contributed by atoms with E-state index in [0.29, 0.717) is 34.1 Å². The molecule has 0 radical (unpaired) electrons. The second kappa shape index (κ2) is 11.8. The van der Waals surface area contributed by atoms with E-state index < -0.39 is 11.8 Å². The van der Waals surface area contributed by atoms with Gasteiger partial charge in [-0.25, -0.2) is 4.90 Å². The highest BCUT2D eigenvalue weighted by atomic mass is 32.2. The van der Waals surface area contributed by atoms with Crippen molar-refractivity contribution < 1.29 is 23.9 Å². The molecule has 8 nitrogen and oxygen atoms in total. The molecule has 200 valence electrons. The first kappa shape index (κ1) is 26.6. The van der Waals surface area contributed by atoms with E-state index in [1.165, 1.54) is 11.8 Å². The Kier molecular flexibility index (Phi) is 7.84. The van der Waals surface area contributed by atoms with Gasteiger partial charge >= 0.3 is 0 Å². The first-order valence-electron chi connectivity index (χ1n) is 12.3. The van der Waals surface area contributed by atoms with Crippen LogP contribution in [0.3, 0.4) is 0 Å². The van der Waals surface area contributed by atoms with Crippen LogP contribution in [0.4, 0.5) is 17.1 Å². The van der Waals surface area contributed by atoms with Crippen LogP contribution in [0, 0.1) is 0 Å². The first-order valence-corrected chi connectivity index (χ1v) is 13.1. The summed E-state index contributed by atoms with van der Waals surface area (Å²) in [4.78, 5) is 41.8. The van der Waals surface area contributed by atoms with Crippen LogP contribution in [0.25, 0.3) is 0 Å². The van der Waals surface area contributed by atoms with Crippen molar-refractivity contribution in [3.63, 3.8) is 0 Å². The fraction of sp³-hybridized carbons (Fsp3) is 0.0645. The number of methoxy groups -OCH3 is 2. The third-order valence-electron chi connectivity index (χ3n) is 6.08. The molecule has 0 spiro atoms. The zero-order valence-corrected chi connectivity index (χ0v) is 22.5. The molecule has 40 heavy (non-hydrogen) atoms. The van der Waals surface area contributed by atoms with E-state index in [1.54, 1.807) is 111 Å². The van der Waals surface area contributed by atoms with Crippen molar-refractivity contribution in [3.05, 3.63) is 119 Å². The molecule has 9 heteroatoms. The highest BCUT2D eigenvalue weighted by Gasteiger charge is 2.40. The van der Waals surface area contributed by atoms with Gasteiger partial charge in [0.05, 0.1) is 19.9 Å². The monoisotopic (exact) mass is 551 g/mol.